The highest BCUT2D eigenvalue weighted by Crippen LogP contribution is 2.14. The van der Waals surface area contributed by atoms with Crippen LogP contribution in [-0.2, 0) is 0 Å². The average Bonchev–Trinajstić information content (AvgIpc) is 1.79. The van der Waals surface area contributed by atoms with Gasteiger partial charge in [-0.05, 0) is 31.8 Å². The monoisotopic (exact) mass is 142 g/mol. The number of hydrogen-bond donors (Lipinski definition) is 0. The summed E-state index contributed by atoms with van der Waals surface area (Å²) in [5.41, 5.74) is 3.04. The van der Waals surface area contributed by atoms with E-state index in [0.717, 1.165) is 17.9 Å². The van der Waals surface area contributed by atoms with Gasteiger partial charge in [0.05, 0.1) is 5.03 Å². The molecule has 0 bridgehead atoms. The molecule has 9 heavy (non-hydrogen) atoms. The first-order chi connectivity index (χ1) is 4.39. The van der Waals surface area contributed by atoms with E-state index in [1.165, 1.54) is 19.3 Å². The minimum Gasteiger partial charge on any atom is -0.109 e. The van der Waals surface area contributed by atoms with E-state index in [4.69, 9.17) is 11.6 Å². The zero-order chi connectivity index (χ0) is 6.53. The predicted octanol–water partition coefficient (Wildman–Crippen LogP) is 3.23. The van der Waals surface area contributed by atoms with Crippen molar-refractivity contribution in [1.29, 1.82) is 0 Å². The molecule has 0 aromatic rings. The molecule has 1 heteroatoms. The molecule has 0 fully saturated rings. The Morgan fingerprint density at radius 1 is 1.33 bits per heavy atom. The Kier molecular flexibility index (Phi) is 2.90. The van der Waals surface area contributed by atoms with Gasteiger partial charge < -0.3 is 0 Å². The fourth-order valence-electron chi connectivity index (χ4n) is 0.958. The Bertz CT molecular complexity index is 141. The van der Waals surface area contributed by atoms with Crippen molar-refractivity contribution in [3.63, 3.8) is 0 Å². The molecule has 1 rings (SSSR count). The maximum Gasteiger partial charge on any atom is 0.0594 e. The molecular weight excluding hydrogens is 132 g/mol. The van der Waals surface area contributed by atoms with Gasteiger partial charge in [0.15, 0.2) is 0 Å². The van der Waals surface area contributed by atoms with Crippen molar-refractivity contribution < 1.29 is 0 Å². The van der Waals surface area contributed by atoms with Crippen LogP contribution in [0.5, 0.6) is 0 Å². The van der Waals surface area contributed by atoms with Gasteiger partial charge in [-0.25, -0.2) is 0 Å². The van der Waals surface area contributed by atoms with Crippen LogP contribution in [0.1, 0.15) is 32.1 Å². The lowest BCUT2D eigenvalue weighted by molar-refractivity contribution is 0.687. The van der Waals surface area contributed by atoms with Gasteiger partial charge >= 0.3 is 0 Å². The minimum absolute atomic E-state index is 0.898. The van der Waals surface area contributed by atoms with E-state index in [-0.39, 0.29) is 0 Å². The summed E-state index contributed by atoms with van der Waals surface area (Å²) >= 11 is 5.77. The van der Waals surface area contributed by atoms with Crippen LogP contribution in [0.2, 0.25) is 0 Å². The smallest absolute Gasteiger partial charge is 0.0594 e. The Labute approximate surface area is 61.2 Å². The van der Waals surface area contributed by atoms with E-state index in [0.29, 0.717) is 0 Å². The zero-order valence-corrected chi connectivity index (χ0v) is 6.25. The van der Waals surface area contributed by atoms with Gasteiger partial charge in [-0.3, -0.25) is 0 Å². The van der Waals surface area contributed by atoms with Gasteiger partial charge in [-0.15, -0.1) is 5.73 Å². The normalized spacial score (nSPS) is 20.3. The first kappa shape index (κ1) is 6.92. The van der Waals surface area contributed by atoms with Crippen LogP contribution in [0.15, 0.2) is 16.8 Å². The van der Waals surface area contributed by atoms with Crippen LogP contribution in [0, 0.1) is 0 Å². The number of allylic oxidation sites excluding steroid dienone is 1. The van der Waals surface area contributed by atoms with Crippen molar-refractivity contribution in [2.24, 2.45) is 0 Å². The summed E-state index contributed by atoms with van der Waals surface area (Å²) in [5.74, 6) is 0. The molecule has 0 saturated carbocycles. The summed E-state index contributed by atoms with van der Waals surface area (Å²) < 4.78 is 0. The Hall–Kier alpha value is -0.190. The quantitative estimate of drug-likeness (QED) is 0.456. The molecule has 0 aromatic heterocycles. The second kappa shape index (κ2) is 3.76. The summed E-state index contributed by atoms with van der Waals surface area (Å²) in [6, 6.07) is 0. The fraction of sp³-hybridized carbons (Fsp3) is 0.625. The third kappa shape index (κ3) is 2.74. The van der Waals surface area contributed by atoms with Gasteiger partial charge in [0, 0.05) is 0 Å². The van der Waals surface area contributed by atoms with E-state index in [2.05, 4.69) is 5.73 Å². The van der Waals surface area contributed by atoms with Crippen LogP contribution in [0.4, 0.5) is 0 Å². The van der Waals surface area contributed by atoms with Gasteiger partial charge in [-0.2, -0.15) is 0 Å². The molecule has 0 aliphatic heterocycles. The minimum atomic E-state index is 0.898. The molecule has 50 valence electrons. The zero-order valence-electron chi connectivity index (χ0n) is 5.49. The third-order valence-corrected chi connectivity index (χ3v) is 1.80. The lowest BCUT2D eigenvalue weighted by atomic mass is 10.1. The van der Waals surface area contributed by atoms with Crippen molar-refractivity contribution >= 4 is 11.6 Å². The summed E-state index contributed by atoms with van der Waals surface area (Å²) in [7, 11) is 0. The SMILES string of the molecule is ClC1=C=CCCCCC1. The summed E-state index contributed by atoms with van der Waals surface area (Å²) in [6.45, 7) is 0. The molecule has 0 N–H and O–H groups in total. The van der Waals surface area contributed by atoms with Crippen molar-refractivity contribution in [1.82, 2.24) is 0 Å². The summed E-state index contributed by atoms with van der Waals surface area (Å²) in [4.78, 5) is 0. The maximum absolute atomic E-state index is 5.77. The Morgan fingerprint density at radius 2 is 2.22 bits per heavy atom. The molecule has 0 saturated heterocycles. The van der Waals surface area contributed by atoms with Crippen LogP contribution in [0.25, 0.3) is 0 Å². The Morgan fingerprint density at radius 3 is 3.11 bits per heavy atom. The molecule has 0 heterocycles. The lowest BCUT2D eigenvalue weighted by Crippen LogP contribution is -1.79. The van der Waals surface area contributed by atoms with Crippen molar-refractivity contribution in [2.75, 3.05) is 0 Å². The first-order valence-electron chi connectivity index (χ1n) is 3.49. The number of rotatable bonds is 0. The summed E-state index contributed by atoms with van der Waals surface area (Å²) in [5, 5.41) is 0.898. The molecular formula is C8H11Cl. The Balaban J connectivity index is 2.53. The molecule has 0 amide bonds. The van der Waals surface area contributed by atoms with Gasteiger partial charge in [0.1, 0.15) is 0 Å². The molecule has 1 aliphatic rings. The van der Waals surface area contributed by atoms with E-state index in [1.54, 1.807) is 0 Å². The molecule has 0 spiro atoms. The van der Waals surface area contributed by atoms with Gasteiger partial charge in [-0.1, -0.05) is 18.0 Å². The van der Waals surface area contributed by atoms with Crippen LogP contribution >= 0.6 is 11.6 Å². The van der Waals surface area contributed by atoms with Crippen LogP contribution in [-0.4, -0.2) is 0 Å². The van der Waals surface area contributed by atoms with E-state index in [9.17, 15) is 0 Å². The molecule has 0 aromatic carbocycles. The molecule has 0 nitrogen and oxygen atoms in total. The average molecular weight is 143 g/mol. The molecule has 0 radical (unpaired) electrons. The maximum atomic E-state index is 5.77. The lowest BCUT2D eigenvalue weighted by Gasteiger charge is -1.99. The van der Waals surface area contributed by atoms with Crippen molar-refractivity contribution in [3.8, 4) is 0 Å². The third-order valence-electron chi connectivity index (χ3n) is 1.50. The highest BCUT2D eigenvalue weighted by Gasteiger charge is 1.94. The standard InChI is InChI=1S/C8H11Cl/c9-8-6-4-2-1-3-5-7-8/h4H,1-3,5,7H2. The largest absolute Gasteiger partial charge is 0.109 e. The van der Waals surface area contributed by atoms with E-state index in [1.807, 2.05) is 6.08 Å². The van der Waals surface area contributed by atoms with E-state index >= 15 is 0 Å². The predicted molar refractivity (Wildman–Crippen MR) is 40.5 cm³/mol. The van der Waals surface area contributed by atoms with Crippen LogP contribution < -0.4 is 0 Å². The second-order valence-corrected chi connectivity index (χ2v) is 2.81. The number of hydrogen-bond acceptors (Lipinski definition) is 0. The van der Waals surface area contributed by atoms with Crippen molar-refractivity contribution in [3.05, 3.63) is 16.8 Å². The topological polar surface area (TPSA) is 0 Å². The summed E-state index contributed by atoms with van der Waals surface area (Å²) in [6.07, 6.45) is 8.07. The molecule has 0 atom stereocenters. The van der Waals surface area contributed by atoms with E-state index < -0.39 is 0 Å². The number of halogens is 1. The molecule has 0 unspecified atom stereocenters. The van der Waals surface area contributed by atoms with Crippen LogP contribution in [0.3, 0.4) is 0 Å². The van der Waals surface area contributed by atoms with Gasteiger partial charge in [0.2, 0.25) is 0 Å². The van der Waals surface area contributed by atoms with Gasteiger partial charge in [0.25, 0.3) is 0 Å². The fourth-order valence-corrected chi connectivity index (χ4v) is 1.17. The highest BCUT2D eigenvalue weighted by molar-refractivity contribution is 6.29. The first-order valence-corrected chi connectivity index (χ1v) is 3.87. The highest BCUT2D eigenvalue weighted by atomic mass is 35.5. The van der Waals surface area contributed by atoms with Crippen molar-refractivity contribution in [2.45, 2.75) is 32.1 Å². The molecule has 1 aliphatic carbocycles. The second-order valence-electron chi connectivity index (χ2n) is 2.35.